The summed E-state index contributed by atoms with van der Waals surface area (Å²) < 4.78 is 8.99. The van der Waals surface area contributed by atoms with E-state index in [9.17, 15) is 0 Å². The summed E-state index contributed by atoms with van der Waals surface area (Å²) in [6, 6.07) is 4.12. The number of benzene rings is 1. The van der Waals surface area contributed by atoms with Crippen LogP contribution in [-0.2, 0) is 0 Å². The molecule has 0 aromatic heterocycles. The molecule has 0 aliphatic carbocycles. The summed E-state index contributed by atoms with van der Waals surface area (Å²) in [6.45, 7) is 3.00. The third kappa shape index (κ3) is 4.92. The zero-order valence-electron chi connectivity index (χ0n) is 9.23. The van der Waals surface area contributed by atoms with Crippen LogP contribution in [0.25, 0.3) is 0 Å². The molecule has 4 heteroatoms. The predicted molar refractivity (Wildman–Crippen MR) is 84.2 cm³/mol. The van der Waals surface area contributed by atoms with E-state index in [-0.39, 0.29) is 0 Å². The Morgan fingerprint density at radius 1 is 1.12 bits per heavy atom. The van der Waals surface area contributed by atoms with Gasteiger partial charge >= 0.3 is 0 Å². The van der Waals surface area contributed by atoms with Crippen LogP contribution in [-0.4, -0.2) is 6.61 Å². The van der Waals surface area contributed by atoms with E-state index < -0.39 is 0 Å². The van der Waals surface area contributed by atoms with Gasteiger partial charge in [0.1, 0.15) is 5.75 Å². The third-order valence-electron chi connectivity index (χ3n) is 2.21. The Balaban J connectivity index is 2.47. The molecule has 1 rings (SSSR count). The molecule has 0 saturated carbocycles. The summed E-state index contributed by atoms with van der Waals surface area (Å²) >= 11 is 9.33. The minimum Gasteiger partial charge on any atom is -0.491 e. The first-order valence-corrected chi connectivity index (χ1v) is 8.09. The fourth-order valence-electron chi connectivity index (χ4n) is 1.37. The second kappa shape index (κ2) is 7.93. The van der Waals surface area contributed by atoms with Gasteiger partial charge in [-0.1, -0.05) is 26.2 Å². The number of halogens is 3. The zero-order valence-corrected chi connectivity index (χ0v) is 14.6. The maximum Gasteiger partial charge on any atom is 0.147 e. The number of rotatable bonds is 6. The summed E-state index contributed by atoms with van der Waals surface area (Å²) in [5.41, 5.74) is 0. The van der Waals surface area contributed by atoms with Crippen molar-refractivity contribution in [3.8, 4) is 5.75 Å². The standard InChI is InChI=1S/C12H15Br2IO/c1-2-3-4-5-6-16-12-10(13)7-9(15)8-11(12)14/h7-8H,2-6H2,1H3. The topological polar surface area (TPSA) is 9.23 Å². The zero-order chi connectivity index (χ0) is 12.0. The molecule has 0 unspecified atom stereocenters. The summed E-state index contributed by atoms with van der Waals surface area (Å²) in [4.78, 5) is 0. The Labute approximate surface area is 128 Å². The average molecular weight is 462 g/mol. The molecule has 0 aliphatic rings. The molecule has 0 saturated heterocycles. The van der Waals surface area contributed by atoms with Crippen molar-refractivity contribution in [3.63, 3.8) is 0 Å². The molecule has 0 atom stereocenters. The largest absolute Gasteiger partial charge is 0.491 e. The molecule has 1 aromatic carbocycles. The van der Waals surface area contributed by atoms with Crippen LogP contribution in [0.2, 0.25) is 0 Å². The van der Waals surface area contributed by atoms with Gasteiger partial charge in [-0.2, -0.15) is 0 Å². The van der Waals surface area contributed by atoms with E-state index in [4.69, 9.17) is 4.74 Å². The Morgan fingerprint density at radius 2 is 1.75 bits per heavy atom. The van der Waals surface area contributed by atoms with Crippen LogP contribution >= 0.6 is 54.5 Å². The molecule has 0 amide bonds. The first-order chi connectivity index (χ1) is 7.65. The minimum atomic E-state index is 0.789. The molecule has 0 N–H and O–H groups in total. The van der Waals surface area contributed by atoms with E-state index in [1.165, 1.54) is 22.8 Å². The molecule has 16 heavy (non-hydrogen) atoms. The number of ether oxygens (including phenoxy) is 1. The molecule has 0 bridgehead atoms. The molecule has 0 fully saturated rings. The smallest absolute Gasteiger partial charge is 0.147 e. The van der Waals surface area contributed by atoms with Gasteiger partial charge in [-0.25, -0.2) is 0 Å². The lowest BCUT2D eigenvalue weighted by atomic mass is 10.2. The summed E-state index contributed by atoms with van der Waals surface area (Å²) in [7, 11) is 0. The van der Waals surface area contributed by atoms with E-state index in [0.29, 0.717) is 0 Å². The maximum atomic E-state index is 5.77. The van der Waals surface area contributed by atoms with Crippen LogP contribution in [0.3, 0.4) is 0 Å². The lowest BCUT2D eigenvalue weighted by molar-refractivity contribution is 0.301. The van der Waals surface area contributed by atoms with E-state index in [2.05, 4.69) is 73.5 Å². The van der Waals surface area contributed by atoms with Crippen molar-refractivity contribution in [1.29, 1.82) is 0 Å². The fourth-order valence-corrected chi connectivity index (χ4v) is 4.26. The molecule has 1 aromatic rings. The van der Waals surface area contributed by atoms with Crippen LogP contribution in [0.1, 0.15) is 32.6 Å². The van der Waals surface area contributed by atoms with Gasteiger partial charge in [-0.15, -0.1) is 0 Å². The minimum absolute atomic E-state index is 0.789. The first kappa shape index (κ1) is 14.8. The Morgan fingerprint density at radius 3 is 2.31 bits per heavy atom. The third-order valence-corrected chi connectivity index (χ3v) is 4.01. The summed E-state index contributed by atoms with van der Waals surface area (Å²) in [6.07, 6.45) is 4.92. The Bertz CT molecular complexity index is 319. The van der Waals surface area contributed by atoms with Crippen molar-refractivity contribution in [1.82, 2.24) is 0 Å². The fraction of sp³-hybridized carbons (Fsp3) is 0.500. The normalized spacial score (nSPS) is 10.5. The summed E-state index contributed by atoms with van der Waals surface area (Å²) in [5.74, 6) is 0.914. The second-order valence-electron chi connectivity index (χ2n) is 3.61. The van der Waals surface area contributed by atoms with E-state index in [0.717, 1.165) is 27.7 Å². The van der Waals surface area contributed by atoms with E-state index in [1.54, 1.807) is 0 Å². The van der Waals surface area contributed by atoms with Gasteiger partial charge < -0.3 is 4.74 Å². The quantitative estimate of drug-likeness (QED) is 0.385. The van der Waals surface area contributed by atoms with Crippen LogP contribution in [0, 0.1) is 3.57 Å². The lowest BCUT2D eigenvalue weighted by Gasteiger charge is -2.10. The van der Waals surface area contributed by atoms with Crippen LogP contribution in [0.15, 0.2) is 21.1 Å². The monoisotopic (exact) mass is 460 g/mol. The highest BCUT2D eigenvalue weighted by Gasteiger charge is 2.07. The molecule has 0 spiro atoms. The molecule has 1 nitrogen and oxygen atoms in total. The van der Waals surface area contributed by atoms with Crippen molar-refractivity contribution >= 4 is 54.5 Å². The van der Waals surface area contributed by atoms with Crippen molar-refractivity contribution in [2.45, 2.75) is 32.6 Å². The van der Waals surface area contributed by atoms with E-state index in [1.807, 2.05) is 0 Å². The number of hydrogen-bond acceptors (Lipinski definition) is 1. The Kier molecular flexibility index (Phi) is 7.32. The molecule has 0 heterocycles. The van der Waals surface area contributed by atoms with Crippen LogP contribution < -0.4 is 4.74 Å². The molecule has 0 aliphatic heterocycles. The maximum absolute atomic E-state index is 5.77. The molecular formula is C12H15Br2IO. The van der Waals surface area contributed by atoms with Gasteiger partial charge in [0.25, 0.3) is 0 Å². The van der Waals surface area contributed by atoms with Crippen molar-refractivity contribution < 1.29 is 4.74 Å². The highest BCUT2D eigenvalue weighted by molar-refractivity contribution is 14.1. The molecule has 90 valence electrons. The van der Waals surface area contributed by atoms with Crippen molar-refractivity contribution in [2.75, 3.05) is 6.61 Å². The van der Waals surface area contributed by atoms with Crippen molar-refractivity contribution in [2.24, 2.45) is 0 Å². The highest BCUT2D eigenvalue weighted by atomic mass is 127. The van der Waals surface area contributed by atoms with Crippen molar-refractivity contribution in [3.05, 3.63) is 24.6 Å². The highest BCUT2D eigenvalue weighted by Crippen LogP contribution is 2.35. The van der Waals surface area contributed by atoms with Gasteiger partial charge in [0, 0.05) is 3.57 Å². The predicted octanol–water partition coefficient (Wildman–Crippen LogP) is 5.78. The SMILES string of the molecule is CCCCCCOc1c(Br)cc(I)cc1Br. The van der Waals surface area contributed by atoms with Gasteiger partial charge in [0.15, 0.2) is 0 Å². The van der Waals surface area contributed by atoms with Gasteiger partial charge in [0.2, 0.25) is 0 Å². The van der Waals surface area contributed by atoms with Crippen LogP contribution in [0.4, 0.5) is 0 Å². The first-order valence-electron chi connectivity index (χ1n) is 5.42. The molecule has 0 radical (unpaired) electrons. The molecular weight excluding hydrogens is 447 g/mol. The van der Waals surface area contributed by atoms with Gasteiger partial charge in [-0.05, 0) is 73.0 Å². The Hall–Kier alpha value is 0.710. The average Bonchev–Trinajstić information content (AvgIpc) is 2.20. The second-order valence-corrected chi connectivity index (χ2v) is 6.56. The van der Waals surface area contributed by atoms with Gasteiger partial charge in [0.05, 0.1) is 15.6 Å². The number of unbranched alkanes of at least 4 members (excludes halogenated alkanes) is 3. The van der Waals surface area contributed by atoms with E-state index >= 15 is 0 Å². The summed E-state index contributed by atoms with van der Waals surface area (Å²) in [5, 5.41) is 0. The van der Waals surface area contributed by atoms with Crippen LogP contribution in [0.5, 0.6) is 5.75 Å². The lowest BCUT2D eigenvalue weighted by Crippen LogP contribution is -1.99. The van der Waals surface area contributed by atoms with Gasteiger partial charge in [-0.3, -0.25) is 0 Å². The number of hydrogen-bond donors (Lipinski definition) is 0.